The van der Waals surface area contributed by atoms with Crippen LogP contribution in [0.15, 0.2) is 30.6 Å². The summed E-state index contributed by atoms with van der Waals surface area (Å²) in [6.07, 6.45) is 3.73. The minimum absolute atomic E-state index is 0.0176. The molecule has 1 fully saturated rings. The summed E-state index contributed by atoms with van der Waals surface area (Å²) in [6.45, 7) is -2.58. The van der Waals surface area contributed by atoms with Crippen LogP contribution in [0.3, 0.4) is 0 Å². The lowest BCUT2D eigenvalue weighted by atomic mass is 10.0. The maximum atomic E-state index is 12.6. The summed E-state index contributed by atoms with van der Waals surface area (Å²) >= 11 is 10.9. The number of benzene rings is 1. The van der Waals surface area contributed by atoms with Crippen LogP contribution in [-0.4, -0.2) is 23.3 Å². The van der Waals surface area contributed by atoms with E-state index in [0.717, 1.165) is 12.8 Å². The molecule has 0 amide bonds. The average molecular weight is 436 g/mol. The van der Waals surface area contributed by atoms with Crippen LogP contribution in [0.1, 0.15) is 30.1 Å². The molecule has 1 aromatic heterocycles. The molecular weight excluding hydrogens is 419 g/mol. The Morgan fingerprint density at radius 2 is 1.75 bits per heavy atom. The van der Waals surface area contributed by atoms with Gasteiger partial charge in [0.1, 0.15) is 23.7 Å². The Morgan fingerprint density at radius 1 is 1.07 bits per heavy atom. The molecule has 0 saturated heterocycles. The third-order valence-corrected chi connectivity index (χ3v) is 4.61. The van der Waals surface area contributed by atoms with Crippen molar-refractivity contribution >= 4 is 23.7 Å². The highest BCUT2D eigenvalue weighted by Crippen LogP contribution is 2.37. The lowest BCUT2D eigenvalue weighted by Gasteiger charge is -2.17. The van der Waals surface area contributed by atoms with Gasteiger partial charge in [-0.2, -0.15) is 8.78 Å². The second-order valence-corrected chi connectivity index (χ2v) is 6.64. The van der Waals surface area contributed by atoms with Gasteiger partial charge in [0.05, 0.1) is 25.1 Å². The molecule has 1 aliphatic rings. The molecule has 152 valence electrons. The molecule has 0 aliphatic heterocycles. The Hall–Kier alpha value is -2.03. The van der Waals surface area contributed by atoms with E-state index in [1.807, 2.05) is 0 Å². The highest BCUT2D eigenvalue weighted by atomic mass is 35.5. The third-order valence-electron chi connectivity index (χ3n) is 4.28. The maximum Gasteiger partial charge on any atom is 0.387 e. The standard InChI is InChI=1S/C18H17Cl2F2NO5/c19-27-16-7-23-8-17(28-20)12(16)6-13(24)11-3-4-14(26-18(21)22)15(5-11)25-9-10-1-2-10/h3-5,7-8,10,13,18,24H,1-2,6,9H2/t13-/m1/s1. The van der Waals surface area contributed by atoms with Gasteiger partial charge in [-0.1, -0.05) is 6.07 Å². The van der Waals surface area contributed by atoms with Crippen molar-refractivity contribution in [2.75, 3.05) is 6.61 Å². The summed E-state index contributed by atoms with van der Waals surface area (Å²) in [5.74, 6) is 0.797. The lowest BCUT2D eigenvalue weighted by Crippen LogP contribution is -2.08. The third kappa shape index (κ3) is 5.27. The number of nitrogens with zero attached hydrogens (tertiary/aromatic N) is 1. The van der Waals surface area contributed by atoms with E-state index in [1.54, 1.807) is 0 Å². The highest BCUT2D eigenvalue weighted by molar-refractivity contribution is 6.10. The zero-order valence-electron chi connectivity index (χ0n) is 14.5. The summed E-state index contributed by atoms with van der Waals surface area (Å²) in [5.41, 5.74) is 0.811. The number of ether oxygens (including phenoxy) is 2. The fourth-order valence-electron chi connectivity index (χ4n) is 2.63. The Labute approximate surface area is 170 Å². The molecule has 1 aliphatic carbocycles. The van der Waals surface area contributed by atoms with Crippen molar-refractivity contribution in [3.63, 3.8) is 0 Å². The van der Waals surface area contributed by atoms with Crippen molar-refractivity contribution in [1.29, 1.82) is 0 Å². The highest BCUT2D eigenvalue weighted by Gasteiger charge is 2.24. The van der Waals surface area contributed by atoms with Crippen LogP contribution in [0.2, 0.25) is 0 Å². The number of hydrogen-bond donors (Lipinski definition) is 1. The van der Waals surface area contributed by atoms with Crippen LogP contribution in [-0.2, 0) is 6.42 Å². The SMILES string of the molecule is O[C@H](Cc1c(OCl)cncc1OCl)c1ccc(OC(F)F)c(OCC2CC2)c1. The monoisotopic (exact) mass is 435 g/mol. The zero-order chi connectivity index (χ0) is 20.1. The molecule has 1 N–H and O–H groups in total. The number of alkyl halides is 2. The van der Waals surface area contributed by atoms with E-state index in [1.165, 1.54) is 30.6 Å². The second kappa shape index (κ2) is 9.45. The predicted octanol–water partition coefficient (Wildman–Crippen LogP) is 4.81. The van der Waals surface area contributed by atoms with Crippen LogP contribution < -0.4 is 18.1 Å². The van der Waals surface area contributed by atoms with Gasteiger partial charge in [0.2, 0.25) is 0 Å². The Kier molecular flexibility index (Phi) is 6.98. The molecule has 3 rings (SSSR count). The Balaban J connectivity index is 1.82. The van der Waals surface area contributed by atoms with Crippen LogP contribution in [0.4, 0.5) is 8.78 Å². The van der Waals surface area contributed by atoms with Gasteiger partial charge in [0, 0.05) is 12.0 Å². The van der Waals surface area contributed by atoms with Crippen LogP contribution >= 0.6 is 23.7 Å². The van der Waals surface area contributed by atoms with Gasteiger partial charge in [-0.25, -0.2) is 0 Å². The first-order valence-corrected chi connectivity index (χ1v) is 9.07. The van der Waals surface area contributed by atoms with Crippen molar-refractivity contribution in [3.8, 4) is 23.0 Å². The molecule has 0 radical (unpaired) electrons. The number of hydrogen-bond acceptors (Lipinski definition) is 6. The minimum atomic E-state index is -2.98. The van der Waals surface area contributed by atoms with Gasteiger partial charge in [0.25, 0.3) is 0 Å². The molecule has 1 saturated carbocycles. The molecule has 10 heteroatoms. The van der Waals surface area contributed by atoms with Crippen LogP contribution in [0.5, 0.6) is 23.0 Å². The fraction of sp³-hybridized carbons (Fsp3) is 0.389. The minimum Gasteiger partial charge on any atom is -0.489 e. The molecule has 0 unspecified atom stereocenters. The Morgan fingerprint density at radius 3 is 2.32 bits per heavy atom. The van der Waals surface area contributed by atoms with Gasteiger partial charge in [-0.15, -0.1) is 0 Å². The molecule has 1 heterocycles. The largest absolute Gasteiger partial charge is 0.489 e. The van der Waals surface area contributed by atoms with E-state index < -0.39 is 12.7 Å². The molecule has 0 spiro atoms. The average Bonchev–Trinajstić information content (AvgIpc) is 3.51. The van der Waals surface area contributed by atoms with Gasteiger partial charge >= 0.3 is 6.61 Å². The van der Waals surface area contributed by atoms with E-state index in [0.29, 0.717) is 23.7 Å². The first kappa shape index (κ1) is 20.7. The smallest absolute Gasteiger partial charge is 0.387 e. The number of aliphatic hydroxyl groups excluding tert-OH is 1. The normalized spacial score (nSPS) is 14.6. The quantitative estimate of drug-likeness (QED) is 0.577. The zero-order valence-corrected chi connectivity index (χ0v) is 16.0. The molecule has 28 heavy (non-hydrogen) atoms. The summed E-state index contributed by atoms with van der Waals surface area (Å²) in [4.78, 5) is 3.86. The predicted molar refractivity (Wildman–Crippen MR) is 97.2 cm³/mol. The van der Waals surface area contributed by atoms with E-state index in [4.69, 9.17) is 37.0 Å². The molecular formula is C18H17Cl2F2NO5. The van der Waals surface area contributed by atoms with Crippen molar-refractivity contribution in [3.05, 3.63) is 41.7 Å². The topological polar surface area (TPSA) is 70.0 Å². The van der Waals surface area contributed by atoms with Crippen LogP contribution in [0, 0.1) is 5.92 Å². The summed E-state index contributed by atoms with van der Waals surface area (Å²) in [7, 11) is 0. The summed E-state index contributed by atoms with van der Waals surface area (Å²) < 4.78 is 44.8. The van der Waals surface area contributed by atoms with Crippen molar-refractivity contribution in [1.82, 2.24) is 4.98 Å². The maximum absolute atomic E-state index is 12.6. The number of aliphatic hydroxyl groups is 1. The summed E-state index contributed by atoms with van der Waals surface area (Å²) in [6, 6.07) is 4.27. The number of pyridine rings is 1. The van der Waals surface area contributed by atoms with E-state index in [2.05, 4.69) is 9.72 Å². The van der Waals surface area contributed by atoms with Gasteiger partial charge < -0.3 is 23.2 Å². The first-order valence-electron chi connectivity index (χ1n) is 8.45. The van der Waals surface area contributed by atoms with Gasteiger partial charge in [-0.05, 0) is 36.5 Å². The molecule has 6 nitrogen and oxygen atoms in total. The van der Waals surface area contributed by atoms with E-state index >= 15 is 0 Å². The van der Waals surface area contributed by atoms with E-state index in [-0.39, 0.29) is 29.4 Å². The number of aromatic nitrogens is 1. The number of rotatable bonds is 10. The van der Waals surface area contributed by atoms with Crippen molar-refractivity contribution in [2.24, 2.45) is 5.92 Å². The number of halogens is 4. The van der Waals surface area contributed by atoms with Gasteiger partial charge in [-0.3, -0.25) is 4.98 Å². The molecule has 1 atom stereocenters. The van der Waals surface area contributed by atoms with Gasteiger partial charge in [0.15, 0.2) is 23.0 Å². The van der Waals surface area contributed by atoms with Crippen molar-refractivity contribution in [2.45, 2.75) is 32.0 Å². The molecule has 0 bridgehead atoms. The lowest BCUT2D eigenvalue weighted by molar-refractivity contribution is -0.0515. The first-order chi connectivity index (χ1) is 13.5. The molecule has 2 aromatic rings. The fourth-order valence-corrected chi connectivity index (χ4v) is 2.89. The molecule has 1 aromatic carbocycles. The van der Waals surface area contributed by atoms with Crippen LogP contribution in [0.25, 0.3) is 0 Å². The van der Waals surface area contributed by atoms with E-state index in [9.17, 15) is 13.9 Å². The van der Waals surface area contributed by atoms with Crippen molar-refractivity contribution < 1.29 is 31.9 Å². The summed E-state index contributed by atoms with van der Waals surface area (Å²) in [5, 5.41) is 10.6. The second-order valence-electron chi connectivity index (χ2n) is 6.33. The Bertz CT molecular complexity index is 785.